The van der Waals surface area contributed by atoms with E-state index < -0.39 is 0 Å². The number of ether oxygens (including phenoxy) is 1. The molecule has 1 N–H and O–H groups in total. The fourth-order valence-corrected chi connectivity index (χ4v) is 2.26. The van der Waals surface area contributed by atoms with Crippen LogP contribution >= 0.6 is 15.9 Å². The maximum absolute atomic E-state index is 11.7. The minimum absolute atomic E-state index is 0.197. The van der Waals surface area contributed by atoms with E-state index in [1.807, 2.05) is 26.0 Å². The Kier molecular flexibility index (Phi) is 6.52. The Morgan fingerprint density at radius 1 is 1.26 bits per heavy atom. The number of halogens is 1. The number of carbonyl (C=O) groups is 1. The van der Waals surface area contributed by atoms with Gasteiger partial charge in [-0.3, -0.25) is 4.79 Å². The van der Waals surface area contributed by atoms with Crippen molar-refractivity contribution in [1.82, 2.24) is 5.32 Å². The van der Waals surface area contributed by atoms with Crippen molar-refractivity contribution < 1.29 is 9.53 Å². The van der Waals surface area contributed by atoms with Gasteiger partial charge in [0, 0.05) is 10.5 Å². The van der Waals surface area contributed by atoms with Gasteiger partial charge in [-0.1, -0.05) is 41.9 Å². The van der Waals surface area contributed by atoms with Crippen LogP contribution < -0.4 is 5.32 Å². The summed E-state index contributed by atoms with van der Waals surface area (Å²) in [6.07, 6.45) is 0.882. The van der Waals surface area contributed by atoms with E-state index in [0.717, 1.165) is 10.9 Å². The van der Waals surface area contributed by atoms with Crippen LogP contribution in [-0.2, 0) is 16.0 Å². The number of carbonyl (C=O) groups excluding carboxylic acids is 1. The molecule has 0 fully saturated rings. The Labute approximate surface area is 123 Å². The summed E-state index contributed by atoms with van der Waals surface area (Å²) >= 11 is 3.42. The number of esters is 1. The SMILES string of the molecule is COC(=O)C(NC(C)Cc1ccc(Br)cc1)C(C)C. The van der Waals surface area contributed by atoms with E-state index in [1.165, 1.54) is 12.7 Å². The zero-order valence-corrected chi connectivity index (χ0v) is 13.5. The molecule has 0 amide bonds. The van der Waals surface area contributed by atoms with Gasteiger partial charge in [-0.2, -0.15) is 0 Å². The molecule has 1 aromatic carbocycles. The first-order valence-electron chi connectivity index (χ1n) is 6.52. The maximum Gasteiger partial charge on any atom is 0.323 e. The van der Waals surface area contributed by atoms with Gasteiger partial charge in [-0.05, 0) is 37.0 Å². The minimum Gasteiger partial charge on any atom is -0.468 e. The normalized spacial score (nSPS) is 14.2. The summed E-state index contributed by atoms with van der Waals surface area (Å²) in [4.78, 5) is 11.7. The van der Waals surface area contributed by atoms with Gasteiger partial charge < -0.3 is 10.1 Å². The van der Waals surface area contributed by atoms with E-state index in [4.69, 9.17) is 4.74 Å². The predicted octanol–water partition coefficient (Wildman–Crippen LogP) is 3.17. The molecule has 1 rings (SSSR count). The number of hydrogen-bond donors (Lipinski definition) is 1. The fraction of sp³-hybridized carbons (Fsp3) is 0.533. The van der Waals surface area contributed by atoms with Crippen LogP contribution in [0.15, 0.2) is 28.7 Å². The van der Waals surface area contributed by atoms with E-state index >= 15 is 0 Å². The first-order valence-corrected chi connectivity index (χ1v) is 7.31. The number of nitrogens with one attached hydrogen (secondary N) is 1. The van der Waals surface area contributed by atoms with Crippen molar-refractivity contribution in [2.24, 2.45) is 5.92 Å². The lowest BCUT2D eigenvalue weighted by molar-refractivity contribution is -0.144. The van der Waals surface area contributed by atoms with Crippen LogP contribution in [0, 0.1) is 5.92 Å². The van der Waals surface area contributed by atoms with Crippen molar-refractivity contribution in [1.29, 1.82) is 0 Å². The zero-order valence-electron chi connectivity index (χ0n) is 11.9. The molecule has 4 heteroatoms. The molecule has 2 unspecified atom stereocenters. The second-order valence-electron chi connectivity index (χ2n) is 5.14. The topological polar surface area (TPSA) is 38.3 Å². The Morgan fingerprint density at radius 3 is 2.32 bits per heavy atom. The molecule has 19 heavy (non-hydrogen) atoms. The van der Waals surface area contributed by atoms with Crippen LogP contribution in [0.1, 0.15) is 26.3 Å². The first-order chi connectivity index (χ1) is 8.93. The molecular formula is C15H22BrNO2. The Bertz CT molecular complexity index is 403. The molecule has 0 radical (unpaired) electrons. The molecule has 106 valence electrons. The Morgan fingerprint density at radius 2 is 1.84 bits per heavy atom. The zero-order chi connectivity index (χ0) is 14.4. The van der Waals surface area contributed by atoms with E-state index in [0.29, 0.717) is 0 Å². The van der Waals surface area contributed by atoms with Gasteiger partial charge in [0.25, 0.3) is 0 Å². The molecule has 0 aromatic heterocycles. The molecule has 0 saturated heterocycles. The van der Waals surface area contributed by atoms with Crippen molar-refractivity contribution in [3.8, 4) is 0 Å². The highest BCUT2D eigenvalue weighted by molar-refractivity contribution is 9.10. The van der Waals surface area contributed by atoms with Gasteiger partial charge in [0.2, 0.25) is 0 Å². The highest BCUT2D eigenvalue weighted by atomic mass is 79.9. The summed E-state index contributed by atoms with van der Waals surface area (Å²) in [5, 5.41) is 3.34. The van der Waals surface area contributed by atoms with Gasteiger partial charge in [-0.25, -0.2) is 0 Å². The number of hydrogen-bond acceptors (Lipinski definition) is 3. The smallest absolute Gasteiger partial charge is 0.323 e. The molecule has 1 aromatic rings. The lowest BCUT2D eigenvalue weighted by atomic mass is 10.0. The predicted molar refractivity (Wildman–Crippen MR) is 81.1 cm³/mol. The summed E-state index contributed by atoms with van der Waals surface area (Å²) in [5.74, 6) is 0.0115. The molecule has 0 spiro atoms. The molecule has 0 aliphatic rings. The van der Waals surface area contributed by atoms with Gasteiger partial charge >= 0.3 is 5.97 Å². The summed E-state index contributed by atoms with van der Waals surface area (Å²) in [6, 6.07) is 8.20. The van der Waals surface area contributed by atoms with E-state index in [-0.39, 0.29) is 24.0 Å². The summed E-state index contributed by atoms with van der Waals surface area (Å²) < 4.78 is 5.91. The van der Waals surface area contributed by atoms with Crippen molar-refractivity contribution in [2.75, 3.05) is 7.11 Å². The van der Waals surface area contributed by atoms with Crippen LogP contribution in [0.25, 0.3) is 0 Å². The van der Waals surface area contributed by atoms with E-state index in [9.17, 15) is 4.79 Å². The number of rotatable bonds is 6. The highest BCUT2D eigenvalue weighted by Gasteiger charge is 2.24. The molecule has 3 nitrogen and oxygen atoms in total. The van der Waals surface area contributed by atoms with Gasteiger partial charge in [0.1, 0.15) is 6.04 Å². The third kappa shape index (κ3) is 5.33. The fourth-order valence-electron chi connectivity index (χ4n) is 2.00. The van der Waals surface area contributed by atoms with Gasteiger partial charge in [-0.15, -0.1) is 0 Å². The van der Waals surface area contributed by atoms with Crippen LogP contribution in [0.2, 0.25) is 0 Å². The quantitative estimate of drug-likeness (QED) is 0.815. The molecule has 0 heterocycles. The third-order valence-corrected chi connectivity index (χ3v) is 3.57. The van der Waals surface area contributed by atoms with Crippen LogP contribution in [0.4, 0.5) is 0 Å². The number of methoxy groups -OCH3 is 1. The van der Waals surface area contributed by atoms with Crippen LogP contribution in [0.3, 0.4) is 0 Å². The second-order valence-corrected chi connectivity index (χ2v) is 6.06. The molecule has 0 aliphatic carbocycles. The van der Waals surface area contributed by atoms with Crippen molar-refractivity contribution in [2.45, 2.75) is 39.3 Å². The Hall–Kier alpha value is -0.870. The van der Waals surface area contributed by atoms with Crippen molar-refractivity contribution >= 4 is 21.9 Å². The molecule has 0 aliphatic heterocycles. The molecule has 2 atom stereocenters. The average molecular weight is 328 g/mol. The first kappa shape index (κ1) is 16.2. The third-order valence-electron chi connectivity index (χ3n) is 3.04. The lowest BCUT2D eigenvalue weighted by Crippen LogP contribution is -2.46. The average Bonchev–Trinajstić information content (AvgIpc) is 2.37. The molecule has 0 bridgehead atoms. The largest absolute Gasteiger partial charge is 0.468 e. The summed E-state index contributed by atoms with van der Waals surface area (Å²) in [5.41, 5.74) is 1.25. The molecular weight excluding hydrogens is 306 g/mol. The maximum atomic E-state index is 11.7. The van der Waals surface area contributed by atoms with Crippen molar-refractivity contribution in [3.05, 3.63) is 34.3 Å². The monoisotopic (exact) mass is 327 g/mol. The summed E-state index contributed by atoms with van der Waals surface area (Å²) in [7, 11) is 1.43. The van der Waals surface area contributed by atoms with Crippen LogP contribution in [-0.4, -0.2) is 25.2 Å². The standard InChI is InChI=1S/C15H22BrNO2/c1-10(2)14(15(18)19-4)17-11(3)9-12-5-7-13(16)8-6-12/h5-8,10-11,14,17H,9H2,1-4H3. The second kappa shape index (κ2) is 7.65. The Balaban J connectivity index is 2.59. The van der Waals surface area contributed by atoms with Crippen molar-refractivity contribution in [3.63, 3.8) is 0 Å². The highest BCUT2D eigenvalue weighted by Crippen LogP contribution is 2.13. The summed E-state index contributed by atoms with van der Waals surface area (Å²) in [6.45, 7) is 6.11. The minimum atomic E-state index is -0.254. The van der Waals surface area contributed by atoms with E-state index in [1.54, 1.807) is 0 Å². The van der Waals surface area contributed by atoms with Crippen LogP contribution in [0.5, 0.6) is 0 Å². The van der Waals surface area contributed by atoms with Gasteiger partial charge in [0.15, 0.2) is 0 Å². The number of benzene rings is 1. The van der Waals surface area contributed by atoms with E-state index in [2.05, 4.69) is 40.3 Å². The molecule has 0 saturated carbocycles. The van der Waals surface area contributed by atoms with Gasteiger partial charge in [0.05, 0.1) is 7.11 Å². The lowest BCUT2D eigenvalue weighted by Gasteiger charge is -2.24.